The number of amides is 1. The Balaban J connectivity index is 1.51. The topological polar surface area (TPSA) is 92.7 Å². The number of carbonyl (C=O) groups is 3. The highest BCUT2D eigenvalue weighted by Gasteiger charge is 2.27. The number of ketones is 1. The Kier molecular flexibility index (Phi) is 6.37. The lowest BCUT2D eigenvalue weighted by Gasteiger charge is -2.13. The van der Waals surface area contributed by atoms with E-state index in [1.807, 2.05) is 19.1 Å². The number of ether oxygens (including phenoxy) is 1. The molecule has 2 aromatic carbocycles. The fraction of sp³-hybridized carbons (Fsp3) is 0.240. The van der Waals surface area contributed by atoms with E-state index >= 15 is 0 Å². The maximum atomic E-state index is 13.3. The lowest BCUT2D eigenvalue weighted by Crippen LogP contribution is -2.21. The van der Waals surface area contributed by atoms with Gasteiger partial charge < -0.3 is 15.2 Å². The molecule has 32 heavy (non-hydrogen) atoms. The van der Waals surface area contributed by atoms with Crippen LogP contribution in [0.2, 0.25) is 0 Å². The van der Waals surface area contributed by atoms with E-state index in [0.717, 1.165) is 41.7 Å². The van der Waals surface area contributed by atoms with Gasteiger partial charge in [-0.25, -0.2) is 4.79 Å². The van der Waals surface area contributed by atoms with Crippen molar-refractivity contribution in [3.8, 4) is 5.75 Å². The van der Waals surface area contributed by atoms with Gasteiger partial charge in [-0.05, 0) is 62.4 Å². The molecule has 0 radical (unpaired) electrons. The van der Waals surface area contributed by atoms with Crippen LogP contribution >= 0.6 is 11.3 Å². The normalized spacial score (nSPS) is 12.7. The van der Waals surface area contributed by atoms with Crippen LogP contribution in [0.5, 0.6) is 5.75 Å². The van der Waals surface area contributed by atoms with Gasteiger partial charge in [0.25, 0.3) is 5.91 Å². The van der Waals surface area contributed by atoms with E-state index in [9.17, 15) is 19.5 Å². The predicted molar refractivity (Wildman–Crippen MR) is 123 cm³/mol. The summed E-state index contributed by atoms with van der Waals surface area (Å²) in [6.45, 7) is 1.49. The SMILES string of the molecule is Cc1ccc(C(=O)c2c(NC(=O)COC(=O)c3ccc(O)cc3)sc3c2CCCC3)cc1. The second kappa shape index (κ2) is 9.36. The van der Waals surface area contributed by atoms with Gasteiger partial charge in [0.1, 0.15) is 10.8 Å². The number of aryl methyl sites for hydroxylation is 2. The largest absolute Gasteiger partial charge is 0.508 e. The van der Waals surface area contributed by atoms with Crippen molar-refractivity contribution >= 4 is 34.0 Å². The van der Waals surface area contributed by atoms with Crippen LogP contribution in [0, 0.1) is 6.92 Å². The van der Waals surface area contributed by atoms with Crippen LogP contribution in [0.15, 0.2) is 48.5 Å². The molecule has 0 spiro atoms. The van der Waals surface area contributed by atoms with Crippen molar-refractivity contribution in [3.05, 3.63) is 81.2 Å². The second-order valence-corrected chi connectivity index (χ2v) is 8.89. The zero-order valence-electron chi connectivity index (χ0n) is 17.6. The standard InChI is InChI=1S/C25H23NO5S/c1-15-6-8-16(9-7-15)23(29)22-19-4-2-3-5-20(19)32-24(22)26-21(28)14-31-25(30)17-10-12-18(27)13-11-17/h6-13,27H,2-5,14H2,1H3,(H,26,28). The highest BCUT2D eigenvalue weighted by Crippen LogP contribution is 2.39. The number of phenols is 1. The summed E-state index contributed by atoms with van der Waals surface area (Å²) in [5, 5.41) is 12.6. The number of hydrogen-bond donors (Lipinski definition) is 2. The third kappa shape index (κ3) is 4.73. The number of thiophene rings is 1. The Morgan fingerprint density at radius 3 is 2.34 bits per heavy atom. The number of carbonyl (C=O) groups excluding carboxylic acids is 3. The minimum absolute atomic E-state index is 0.0340. The van der Waals surface area contributed by atoms with Crippen LogP contribution in [-0.4, -0.2) is 29.4 Å². The highest BCUT2D eigenvalue weighted by molar-refractivity contribution is 7.17. The number of aromatic hydroxyl groups is 1. The summed E-state index contributed by atoms with van der Waals surface area (Å²) in [5.41, 5.74) is 3.45. The van der Waals surface area contributed by atoms with E-state index in [1.165, 1.54) is 35.6 Å². The van der Waals surface area contributed by atoms with Crippen LogP contribution in [-0.2, 0) is 22.4 Å². The maximum absolute atomic E-state index is 13.3. The number of fused-ring (bicyclic) bond motifs is 1. The maximum Gasteiger partial charge on any atom is 0.338 e. The molecule has 0 unspecified atom stereocenters. The number of anilines is 1. The summed E-state index contributed by atoms with van der Waals surface area (Å²) >= 11 is 1.43. The molecule has 1 aliphatic rings. The van der Waals surface area contributed by atoms with E-state index in [1.54, 1.807) is 12.1 Å². The number of rotatable bonds is 6. The Hall–Kier alpha value is -3.45. The summed E-state index contributed by atoms with van der Waals surface area (Å²) in [5.74, 6) is -1.25. The fourth-order valence-corrected chi connectivity index (χ4v) is 5.02. The molecular formula is C25H23NO5S. The average molecular weight is 450 g/mol. The van der Waals surface area contributed by atoms with Gasteiger partial charge >= 0.3 is 5.97 Å². The molecule has 3 aromatic rings. The van der Waals surface area contributed by atoms with E-state index < -0.39 is 18.5 Å². The van der Waals surface area contributed by atoms with Crippen molar-refractivity contribution in [1.82, 2.24) is 0 Å². The molecule has 164 valence electrons. The molecule has 0 fully saturated rings. The molecule has 2 N–H and O–H groups in total. The fourth-order valence-electron chi connectivity index (χ4n) is 3.72. The molecule has 0 bridgehead atoms. The molecule has 0 aliphatic heterocycles. The van der Waals surface area contributed by atoms with Gasteiger partial charge in [-0.1, -0.05) is 29.8 Å². The number of nitrogens with one attached hydrogen (secondary N) is 1. The molecule has 0 saturated carbocycles. The number of esters is 1. The van der Waals surface area contributed by atoms with Crippen LogP contribution in [0.1, 0.15) is 55.1 Å². The van der Waals surface area contributed by atoms with Gasteiger partial charge in [0, 0.05) is 10.4 Å². The molecule has 0 atom stereocenters. The molecule has 4 rings (SSSR count). The van der Waals surface area contributed by atoms with E-state index in [0.29, 0.717) is 16.1 Å². The van der Waals surface area contributed by atoms with Crippen molar-refractivity contribution in [2.75, 3.05) is 11.9 Å². The van der Waals surface area contributed by atoms with Crippen LogP contribution in [0.25, 0.3) is 0 Å². The van der Waals surface area contributed by atoms with Crippen molar-refractivity contribution in [2.45, 2.75) is 32.6 Å². The first kappa shape index (κ1) is 21.8. The molecule has 1 heterocycles. The summed E-state index contributed by atoms with van der Waals surface area (Å²) in [7, 11) is 0. The molecule has 1 aromatic heterocycles. The summed E-state index contributed by atoms with van der Waals surface area (Å²) in [6, 6.07) is 13.0. The van der Waals surface area contributed by atoms with Gasteiger partial charge in [-0.2, -0.15) is 0 Å². The minimum atomic E-state index is -0.665. The van der Waals surface area contributed by atoms with E-state index in [4.69, 9.17) is 4.74 Å². The Morgan fingerprint density at radius 1 is 0.969 bits per heavy atom. The molecule has 6 nitrogen and oxygen atoms in total. The number of hydrogen-bond acceptors (Lipinski definition) is 6. The molecular weight excluding hydrogens is 426 g/mol. The van der Waals surface area contributed by atoms with E-state index in [-0.39, 0.29) is 17.1 Å². The first-order valence-corrected chi connectivity index (χ1v) is 11.3. The Bertz CT molecular complexity index is 1160. The van der Waals surface area contributed by atoms with Crippen LogP contribution in [0.4, 0.5) is 5.00 Å². The Morgan fingerprint density at radius 2 is 1.62 bits per heavy atom. The lowest BCUT2D eigenvalue weighted by atomic mass is 9.91. The molecule has 7 heteroatoms. The molecule has 1 amide bonds. The van der Waals surface area contributed by atoms with E-state index in [2.05, 4.69) is 5.32 Å². The molecule has 1 aliphatic carbocycles. The number of benzene rings is 2. The predicted octanol–water partition coefficient (Wildman–Crippen LogP) is 4.67. The monoisotopic (exact) mass is 449 g/mol. The van der Waals surface area contributed by atoms with Crippen molar-refractivity contribution in [1.29, 1.82) is 0 Å². The zero-order chi connectivity index (χ0) is 22.7. The smallest absolute Gasteiger partial charge is 0.338 e. The van der Waals surface area contributed by atoms with Gasteiger partial charge in [0.15, 0.2) is 12.4 Å². The average Bonchev–Trinajstić information content (AvgIpc) is 3.15. The second-order valence-electron chi connectivity index (χ2n) is 7.78. The third-order valence-electron chi connectivity index (χ3n) is 5.40. The van der Waals surface area contributed by atoms with Crippen LogP contribution in [0.3, 0.4) is 0 Å². The lowest BCUT2D eigenvalue weighted by molar-refractivity contribution is -0.119. The van der Waals surface area contributed by atoms with Crippen molar-refractivity contribution in [3.63, 3.8) is 0 Å². The van der Waals surface area contributed by atoms with Crippen molar-refractivity contribution < 1.29 is 24.2 Å². The quantitative estimate of drug-likeness (QED) is 0.422. The highest BCUT2D eigenvalue weighted by atomic mass is 32.1. The third-order valence-corrected chi connectivity index (χ3v) is 6.61. The van der Waals surface area contributed by atoms with Gasteiger partial charge in [0.2, 0.25) is 0 Å². The Labute approximate surface area is 189 Å². The van der Waals surface area contributed by atoms with Gasteiger partial charge in [0.05, 0.1) is 11.1 Å². The first-order chi connectivity index (χ1) is 15.4. The number of phenolic OH excluding ortho intramolecular Hbond substituents is 1. The molecule has 0 saturated heterocycles. The van der Waals surface area contributed by atoms with Gasteiger partial charge in [-0.15, -0.1) is 11.3 Å². The summed E-state index contributed by atoms with van der Waals surface area (Å²) in [4.78, 5) is 39.1. The summed E-state index contributed by atoms with van der Waals surface area (Å²) in [6.07, 6.45) is 3.77. The van der Waals surface area contributed by atoms with Crippen LogP contribution < -0.4 is 5.32 Å². The summed E-state index contributed by atoms with van der Waals surface area (Å²) < 4.78 is 5.09. The first-order valence-electron chi connectivity index (χ1n) is 10.4. The van der Waals surface area contributed by atoms with Crippen molar-refractivity contribution in [2.24, 2.45) is 0 Å². The van der Waals surface area contributed by atoms with Gasteiger partial charge in [-0.3, -0.25) is 9.59 Å². The zero-order valence-corrected chi connectivity index (χ0v) is 18.5. The minimum Gasteiger partial charge on any atom is -0.508 e.